The smallest absolute Gasteiger partial charge is 0.262 e. The van der Waals surface area contributed by atoms with Crippen LogP contribution in [0.15, 0.2) is 30.3 Å². The molecule has 3 N–H and O–H groups in total. The number of nitrogens with two attached hydrogens (primary N) is 1. The van der Waals surface area contributed by atoms with Gasteiger partial charge in [-0.2, -0.15) is 0 Å². The summed E-state index contributed by atoms with van der Waals surface area (Å²) in [5, 5.41) is 4.51. The lowest BCUT2D eigenvalue weighted by Gasteiger charge is -2.25. The van der Waals surface area contributed by atoms with E-state index in [9.17, 15) is 4.79 Å². The second-order valence-electron chi connectivity index (χ2n) is 4.30. The molecule has 0 unspecified atom stereocenters. The van der Waals surface area contributed by atoms with Crippen LogP contribution in [0, 0.1) is 0 Å². The van der Waals surface area contributed by atoms with Gasteiger partial charge in [-0.25, -0.2) is 0 Å². The van der Waals surface area contributed by atoms with Crippen molar-refractivity contribution >= 4 is 40.7 Å². The van der Waals surface area contributed by atoms with E-state index in [1.807, 2.05) is 19.9 Å². The van der Waals surface area contributed by atoms with Gasteiger partial charge in [-0.05, 0) is 26.0 Å². The average molecular weight is 311 g/mol. The first kappa shape index (κ1) is 15.6. The molecule has 18 heavy (non-hydrogen) atoms. The van der Waals surface area contributed by atoms with E-state index in [0.717, 1.165) is 0 Å². The highest BCUT2D eigenvalue weighted by Crippen LogP contribution is 2.27. The predicted octanol–water partition coefficient (Wildman–Crippen LogP) is 2.08. The molecule has 0 aliphatic carbocycles. The number of benzene rings is 1. The van der Waals surface area contributed by atoms with Gasteiger partial charge in [0.25, 0.3) is 9.70 Å². The molecule has 0 aromatic heterocycles. The molecule has 0 bridgehead atoms. The average Bonchev–Trinajstić information content (AvgIpc) is 2.27. The molecule has 1 atom stereocenters. The Balaban J connectivity index is 2.75. The van der Waals surface area contributed by atoms with Crippen LogP contribution >= 0.6 is 34.8 Å². The van der Waals surface area contributed by atoms with Gasteiger partial charge in [0.2, 0.25) is 6.17 Å². The fraction of sp³-hybridized carbons (Fsp3) is 0.417. The molecular weight excluding hydrogens is 295 g/mol. The first-order chi connectivity index (χ1) is 8.30. The van der Waals surface area contributed by atoms with E-state index in [1.54, 1.807) is 29.6 Å². The van der Waals surface area contributed by atoms with E-state index in [-0.39, 0.29) is 11.9 Å². The van der Waals surface area contributed by atoms with Gasteiger partial charge in [-0.1, -0.05) is 53.0 Å². The molecule has 0 saturated heterocycles. The van der Waals surface area contributed by atoms with Gasteiger partial charge in [0.05, 0.1) is 6.04 Å². The molecule has 0 heterocycles. The van der Waals surface area contributed by atoms with E-state index in [4.69, 9.17) is 34.8 Å². The van der Waals surface area contributed by atoms with E-state index in [2.05, 4.69) is 5.32 Å². The Morgan fingerprint density at radius 1 is 1.22 bits per heavy atom. The standard InChI is InChI=1S/C12H15Cl3N2O/c1-8(2)16-11(12(13,14)15)17-10(18)9-6-4-3-5-7-9/h3-8,11,16H,1-2H3,(H,17,18)/p+1/t11-/m1/s1. The molecule has 1 rings (SSSR count). The summed E-state index contributed by atoms with van der Waals surface area (Å²) in [5.74, 6) is -0.260. The lowest BCUT2D eigenvalue weighted by Crippen LogP contribution is -2.99. The number of quaternary nitrogens is 1. The van der Waals surface area contributed by atoms with Crippen LogP contribution in [-0.2, 0) is 0 Å². The maximum Gasteiger partial charge on any atom is 0.262 e. The number of halogens is 3. The zero-order valence-corrected chi connectivity index (χ0v) is 12.4. The minimum absolute atomic E-state index is 0.196. The summed E-state index contributed by atoms with van der Waals surface area (Å²) in [6.07, 6.45) is -0.629. The molecule has 0 aliphatic heterocycles. The highest BCUT2D eigenvalue weighted by Gasteiger charge is 2.38. The number of nitrogens with one attached hydrogen (secondary N) is 1. The molecule has 1 aromatic rings. The third-order valence-corrected chi connectivity index (χ3v) is 2.96. The SMILES string of the molecule is CC(C)[NH2+][C@H](NC(=O)c1ccccc1)C(Cl)(Cl)Cl. The lowest BCUT2D eigenvalue weighted by molar-refractivity contribution is -0.717. The molecule has 0 spiro atoms. The van der Waals surface area contributed by atoms with Gasteiger partial charge in [0.1, 0.15) is 0 Å². The van der Waals surface area contributed by atoms with Crippen LogP contribution < -0.4 is 10.6 Å². The molecule has 0 radical (unpaired) electrons. The van der Waals surface area contributed by atoms with Gasteiger partial charge >= 0.3 is 0 Å². The Bertz CT molecular complexity index is 390. The molecular formula is C12H16Cl3N2O+. The zero-order valence-electron chi connectivity index (χ0n) is 10.2. The van der Waals surface area contributed by atoms with E-state index in [0.29, 0.717) is 5.56 Å². The molecule has 0 aliphatic rings. The van der Waals surface area contributed by atoms with Crippen molar-refractivity contribution in [3.05, 3.63) is 35.9 Å². The summed E-state index contributed by atoms with van der Waals surface area (Å²) in [6, 6.07) is 9.02. The van der Waals surface area contributed by atoms with Crippen molar-refractivity contribution < 1.29 is 10.1 Å². The summed E-state index contributed by atoms with van der Waals surface area (Å²) >= 11 is 17.6. The number of alkyl halides is 3. The van der Waals surface area contributed by atoms with Crippen molar-refractivity contribution in [3.63, 3.8) is 0 Å². The van der Waals surface area contributed by atoms with Crippen LogP contribution in [-0.4, -0.2) is 21.9 Å². The third-order valence-electron chi connectivity index (χ3n) is 2.25. The largest absolute Gasteiger partial charge is 0.321 e. The summed E-state index contributed by atoms with van der Waals surface area (Å²) in [7, 11) is 0. The van der Waals surface area contributed by atoms with E-state index < -0.39 is 9.96 Å². The van der Waals surface area contributed by atoms with Crippen molar-refractivity contribution in [2.24, 2.45) is 0 Å². The molecule has 100 valence electrons. The first-order valence-electron chi connectivity index (χ1n) is 5.58. The van der Waals surface area contributed by atoms with E-state index >= 15 is 0 Å². The summed E-state index contributed by atoms with van der Waals surface area (Å²) in [5.41, 5.74) is 0.536. The number of rotatable bonds is 4. The van der Waals surface area contributed by atoms with Crippen LogP contribution in [0.2, 0.25) is 0 Å². The van der Waals surface area contributed by atoms with Crippen LogP contribution in [0.1, 0.15) is 24.2 Å². The molecule has 0 saturated carbocycles. The number of hydrogen-bond acceptors (Lipinski definition) is 1. The number of hydrogen-bond donors (Lipinski definition) is 2. The fourth-order valence-corrected chi connectivity index (χ4v) is 1.82. The van der Waals surface area contributed by atoms with Crippen molar-refractivity contribution in [3.8, 4) is 0 Å². The minimum Gasteiger partial charge on any atom is -0.321 e. The minimum atomic E-state index is -1.56. The van der Waals surface area contributed by atoms with Crippen LogP contribution in [0.25, 0.3) is 0 Å². The predicted molar refractivity (Wildman–Crippen MR) is 75.0 cm³/mol. The van der Waals surface area contributed by atoms with Crippen LogP contribution in [0.3, 0.4) is 0 Å². The Hall–Kier alpha value is -0.480. The molecule has 3 nitrogen and oxygen atoms in total. The Labute approximate surface area is 122 Å². The maximum atomic E-state index is 12.0. The number of carbonyl (C=O) groups is 1. The van der Waals surface area contributed by atoms with Crippen molar-refractivity contribution in [2.75, 3.05) is 0 Å². The van der Waals surface area contributed by atoms with Gasteiger partial charge in [0.15, 0.2) is 0 Å². The molecule has 0 fully saturated rings. The monoisotopic (exact) mass is 309 g/mol. The first-order valence-corrected chi connectivity index (χ1v) is 6.71. The van der Waals surface area contributed by atoms with E-state index in [1.165, 1.54) is 0 Å². The lowest BCUT2D eigenvalue weighted by atomic mass is 10.2. The quantitative estimate of drug-likeness (QED) is 0.649. The van der Waals surface area contributed by atoms with Crippen LogP contribution in [0.4, 0.5) is 0 Å². The second kappa shape index (κ2) is 6.62. The van der Waals surface area contributed by atoms with Gasteiger partial charge in [-0.15, -0.1) is 0 Å². The highest BCUT2D eigenvalue weighted by atomic mass is 35.6. The molecule has 1 amide bonds. The molecule has 6 heteroatoms. The fourth-order valence-electron chi connectivity index (χ4n) is 1.44. The van der Waals surface area contributed by atoms with Crippen LogP contribution in [0.5, 0.6) is 0 Å². The highest BCUT2D eigenvalue weighted by molar-refractivity contribution is 6.68. The van der Waals surface area contributed by atoms with Crippen molar-refractivity contribution in [1.29, 1.82) is 0 Å². The van der Waals surface area contributed by atoms with Crippen molar-refractivity contribution in [1.82, 2.24) is 5.32 Å². The van der Waals surface area contributed by atoms with Gasteiger partial charge in [0, 0.05) is 5.56 Å². The normalized spacial score (nSPS) is 13.4. The van der Waals surface area contributed by atoms with Gasteiger partial charge in [-0.3, -0.25) is 10.1 Å². The number of amides is 1. The summed E-state index contributed by atoms with van der Waals surface area (Å²) < 4.78 is -1.56. The van der Waals surface area contributed by atoms with Gasteiger partial charge < -0.3 is 5.32 Å². The maximum absolute atomic E-state index is 12.0. The Kier molecular flexibility index (Phi) is 5.73. The topological polar surface area (TPSA) is 45.7 Å². The second-order valence-corrected chi connectivity index (χ2v) is 6.66. The summed E-state index contributed by atoms with van der Waals surface area (Å²) in [4.78, 5) is 12.0. The Morgan fingerprint density at radius 2 is 1.78 bits per heavy atom. The summed E-state index contributed by atoms with van der Waals surface area (Å²) in [6.45, 7) is 3.91. The van der Waals surface area contributed by atoms with Crippen molar-refractivity contribution in [2.45, 2.75) is 29.8 Å². The molecule has 1 aromatic carbocycles. The zero-order chi connectivity index (χ0) is 13.8. The Morgan fingerprint density at radius 3 is 2.22 bits per heavy atom. The third kappa shape index (κ3) is 5.02. The number of carbonyl (C=O) groups excluding carboxylic acids is 1.